The van der Waals surface area contributed by atoms with Crippen molar-refractivity contribution >= 4 is 11.6 Å². The molecule has 0 fully saturated rings. The number of hydrogen-bond acceptors (Lipinski definition) is 1. The van der Waals surface area contributed by atoms with Crippen LogP contribution in [0.5, 0.6) is 0 Å². The lowest BCUT2D eigenvalue weighted by atomic mass is 9.65. The molecule has 1 aliphatic carbocycles. The van der Waals surface area contributed by atoms with Gasteiger partial charge in [-0.05, 0) is 67.0 Å². The summed E-state index contributed by atoms with van der Waals surface area (Å²) in [5.41, 5.74) is 6.90. The molecule has 0 amide bonds. The van der Waals surface area contributed by atoms with Crippen LogP contribution in [0.2, 0.25) is 5.02 Å². The highest BCUT2D eigenvalue weighted by Gasteiger charge is 2.42. The molecule has 1 atom stereocenters. The Bertz CT molecular complexity index is 793. The Hall–Kier alpha value is -1.60. The summed E-state index contributed by atoms with van der Waals surface area (Å²) in [5, 5.41) is 0.838. The number of allylic oxidation sites excluding steroid dienone is 2. The number of aromatic nitrogens is 1. The molecular weight excluding hydrogens is 338 g/mol. The number of hydrogen-bond donors (Lipinski definition) is 0. The standard InChI is InChI=1S/C24H30ClN/c1-4-8-20(9-5-2)24(15-6-3)22-14-13-21(25)17-19(22)12-11-18-10-7-16-26-23(18)24/h7-8,10,13-14,16-17H,4-6,9,11-12,15H2,1-3H3/b20-8+. The third-order valence-corrected chi connectivity index (χ3v) is 5.86. The second-order valence-electron chi connectivity index (χ2n) is 7.36. The lowest BCUT2D eigenvalue weighted by Crippen LogP contribution is -2.33. The van der Waals surface area contributed by atoms with E-state index in [1.54, 1.807) is 0 Å². The fourth-order valence-corrected chi connectivity index (χ4v) is 4.92. The highest BCUT2D eigenvalue weighted by molar-refractivity contribution is 6.30. The molecule has 2 heteroatoms. The van der Waals surface area contributed by atoms with Crippen LogP contribution < -0.4 is 0 Å². The fourth-order valence-electron chi connectivity index (χ4n) is 4.73. The highest BCUT2D eigenvalue weighted by atomic mass is 35.5. The van der Waals surface area contributed by atoms with Gasteiger partial charge in [0.1, 0.15) is 0 Å². The Morgan fingerprint density at radius 2 is 1.92 bits per heavy atom. The average molecular weight is 368 g/mol. The number of halogens is 1. The Morgan fingerprint density at radius 1 is 1.12 bits per heavy atom. The second kappa shape index (κ2) is 8.39. The molecule has 1 aromatic heterocycles. The van der Waals surface area contributed by atoms with E-state index in [0.717, 1.165) is 50.0 Å². The van der Waals surface area contributed by atoms with Crippen molar-refractivity contribution in [2.24, 2.45) is 0 Å². The molecule has 1 nitrogen and oxygen atoms in total. The minimum atomic E-state index is -0.117. The first kappa shape index (κ1) is 19.2. The van der Waals surface area contributed by atoms with Crippen molar-refractivity contribution < 1.29 is 0 Å². The molecule has 1 unspecified atom stereocenters. The monoisotopic (exact) mass is 367 g/mol. The lowest BCUT2D eigenvalue weighted by Gasteiger charge is -2.38. The summed E-state index contributed by atoms with van der Waals surface area (Å²) in [6.45, 7) is 6.82. The minimum Gasteiger partial charge on any atom is -0.260 e. The van der Waals surface area contributed by atoms with Crippen molar-refractivity contribution in [1.29, 1.82) is 0 Å². The molecule has 0 radical (unpaired) electrons. The van der Waals surface area contributed by atoms with Crippen LogP contribution in [-0.4, -0.2) is 4.98 Å². The van der Waals surface area contributed by atoms with Crippen LogP contribution in [0, 0.1) is 0 Å². The molecule has 1 aliphatic rings. The van der Waals surface area contributed by atoms with Crippen molar-refractivity contribution in [3.05, 3.63) is 75.6 Å². The van der Waals surface area contributed by atoms with E-state index >= 15 is 0 Å². The zero-order valence-corrected chi connectivity index (χ0v) is 17.1. The van der Waals surface area contributed by atoms with Gasteiger partial charge >= 0.3 is 0 Å². The van der Waals surface area contributed by atoms with E-state index in [1.165, 1.54) is 28.0 Å². The predicted octanol–water partition coefficient (Wildman–Crippen LogP) is 7.06. The molecule has 0 saturated heterocycles. The molecule has 0 N–H and O–H groups in total. The van der Waals surface area contributed by atoms with E-state index in [1.807, 2.05) is 6.20 Å². The van der Waals surface area contributed by atoms with Gasteiger partial charge in [0.05, 0.1) is 11.1 Å². The minimum absolute atomic E-state index is 0.117. The molecule has 0 aliphatic heterocycles. The second-order valence-corrected chi connectivity index (χ2v) is 7.79. The van der Waals surface area contributed by atoms with Crippen molar-refractivity contribution in [2.75, 3.05) is 0 Å². The van der Waals surface area contributed by atoms with E-state index in [4.69, 9.17) is 16.6 Å². The summed E-state index contributed by atoms with van der Waals surface area (Å²) in [7, 11) is 0. The predicted molar refractivity (Wildman–Crippen MR) is 112 cm³/mol. The zero-order valence-electron chi connectivity index (χ0n) is 16.3. The average Bonchev–Trinajstić information content (AvgIpc) is 2.78. The van der Waals surface area contributed by atoms with Crippen molar-refractivity contribution in [3.63, 3.8) is 0 Å². The fraction of sp³-hybridized carbons (Fsp3) is 0.458. The molecule has 3 rings (SSSR count). The summed E-state index contributed by atoms with van der Waals surface area (Å²) in [6, 6.07) is 10.9. The number of benzene rings is 1. The topological polar surface area (TPSA) is 12.9 Å². The summed E-state index contributed by atoms with van der Waals surface area (Å²) >= 11 is 6.38. The Kier molecular flexibility index (Phi) is 6.19. The van der Waals surface area contributed by atoms with E-state index < -0.39 is 0 Å². The number of fused-ring (bicyclic) bond motifs is 2. The van der Waals surface area contributed by atoms with E-state index in [9.17, 15) is 0 Å². The van der Waals surface area contributed by atoms with Gasteiger partial charge < -0.3 is 0 Å². The molecular formula is C24H30ClN. The quantitative estimate of drug-likeness (QED) is 0.498. The maximum absolute atomic E-state index is 6.38. The van der Waals surface area contributed by atoms with Gasteiger partial charge in [-0.15, -0.1) is 0 Å². The normalized spacial score (nSPS) is 19.6. The highest BCUT2D eigenvalue weighted by Crippen LogP contribution is 2.49. The van der Waals surface area contributed by atoms with Crippen molar-refractivity contribution in [3.8, 4) is 0 Å². The summed E-state index contributed by atoms with van der Waals surface area (Å²) in [6.07, 6.45) is 12.1. The maximum atomic E-state index is 6.38. The summed E-state index contributed by atoms with van der Waals surface area (Å²) in [4.78, 5) is 4.98. The van der Waals surface area contributed by atoms with Crippen LogP contribution in [0.25, 0.3) is 0 Å². The first-order chi connectivity index (χ1) is 12.7. The largest absolute Gasteiger partial charge is 0.260 e. The van der Waals surface area contributed by atoms with Gasteiger partial charge in [-0.1, -0.05) is 69.0 Å². The van der Waals surface area contributed by atoms with Gasteiger partial charge in [0, 0.05) is 11.2 Å². The number of aryl methyl sites for hydroxylation is 2. The molecule has 1 aromatic carbocycles. The molecule has 0 saturated carbocycles. The SMILES string of the molecule is CC/C=C(\CCC)C1(CCC)c2ccc(Cl)cc2CCc2cccnc21. The summed E-state index contributed by atoms with van der Waals surface area (Å²) < 4.78 is 0. The van der Waals surface area contributed by atoms with Gasteiger partial charge in [0.15, 0.2) is 0 Å². The van der Waals surface area contributed by atoms with Gasteiger partial charge in [0.25, 0.3) is 0 Å². The molecule has 0 bridgehead atoms. The molecule has 1 heterocycles. The first-order valence-corrected chi connectivity index (χ1v) is 10.5. The van der Waals surface area contributed by atoms with E-state index in [2.05, 4.69) is 57.2 Å². The van der Waals surface area contributed by atoms with E-state index in [0.29, 0.717) is 0 Å². The van der Waals surface area contributed by atoms with Gasteiger partial charge in [-0.2, -0.15) is 0 Å². The zero-order chi connectivity index (χ0) is 18.6. The first-order valence-electron chi connectivity index (χ1n) is 10.1. The number of rotatable bonds is 6. The third kappa shape index (κ3) is 3.34. The van der Waals surface area contributed by atoms with Crippen LogP contribution in [0.4, 0.5) is 0 Å². The lowest BCUT2D eigenvalue weighted by molar-refractivity contribution is 0.500. The van der Waals surface area contributed by atoms with Crippen LogP contribution >= 0.6 is 11.6 Å². The van der Waals surface area contributed by atoms with Gasteiger partial charge in [-0.25, -0.2) is 0 Å². The smallest absolute Gasteiger partial charge is 0.0589 e. The Balaban J connectivity index is 2.38. The van der Waals surface area contributed by atoms with E-state index in [-0.39, 0.29) is 5.41 Å². The molecule has 26 heavy (non-hydrogen) atoms. The third-order valence-electron chi connectivity index (χ3n) is 5.63. The van der Waals surface area contributed by atoms with Crippen LogP contribution in [0.3, 0.4) is 0 Å². The van der Waals surface area contributed by atoms with Crippen molar-refractivity contribution in [2.45, 2.75) is 71.1 Å². The Labute approximate surface area is 163 Å². The molecule has 138 valence electrons. The summed E-state index contributed by atoms with van der Waals surface area (Å²) in [5.74, 6) is 0. The maximum Gasteiger partial charge on any atom is 0.0589 e. The van der Waals surface area contributed by atoms with Crippen LogP contribution in [0.15, 0.2) is 48.2 Å². The van der Waals surface area contributed by atoms with Crippen molar-refractivity contribution in [1.82, 2.24) is 4.98 Å². The molecule has 0 spiro atoms. The van der Waals surface area contributed by atoms with Gasteiger partial charge in [-0.3, -0.25) is 4.98 Å². The van der Waals surface area contributed by atoms with Crippen LogP contribution in [0.1, 0.15) is 75.3 Å². The number of pyridine rings is 1. The van der Waals surface area contributed by atoms with Gasteiger partial charge in [0.2, 0.25) is 0 Å². The number of nitrogens with zero attached hydrogens (tertiary/aromatic N) is 1. The Morgan fingerprint density at radius 3 is 2.65 bits per heavy atom. The molecule has 2 aromatic rings. The van der Waals surface area contributed by atoms with Crippen LogP contribution in [-0.2, 0) is 18.3 Å².